The number of rotatable bonds is 1. The average Bonchev–Trinajstić information content (AvgIpc) is 2.41. The lowest BCUT2D eigenvalue weighted by atomic mass is 9.73. The van der Waals surface area contributed by atoms with Crippen LogP contribution in [0.4, 0.5) is 0 Å². The Morgan fingerprint density at radius 1 is 1.57 bits per heavy atom. The third-order valence-corrected chi connectivity index (χ3v) is 2.93. The molecule has 0 aliphatic heterocycles. The maximum Gasteiger partial charge on any atom is 0.191 e. The molecule has 0 amide bonds. The van der Waals surface area contributed by atoms with Crippen molar-refractivity contribution in [3.05, 3.63) is 17.3 Å². The van der Waals surface area contributed by atoms with E-state index in [1.165, 1.54) is 0 Å². The zero-order valence-electron chi connectivity index (χ0n) is 9.13. The second kappa shape index (κ2) is 3.09. The molecular formula is C11H18N2O. The van der Waals surface area contributed by atoms with Crippen LogP contribution < -0.4 is 5.73 Å². The molecule has 1 aromatic rings. The minimum Gasteiger partial charge on any atom is -0.445 e. The first-order chi connectivity index (χ1) is 6.52. The molecule has 2 N–H and O–H groups in total. The monoisotopic (exact) mass is 194 g/mol. The normalized spacial score (nSPS) is 24.7. The summed E-state index contributed by atoms with van der Waals surface area (Å²) in [6, 6.07) is 0. The Bertz CT molecular complexity index is 341. The standard InChI is InChI=1S/C11H18N2O/c1-7-13-9-5-11(2,3)4-8(6-12)10(9)14-7/h8H,4-6,12H2,1-3H3. The largest absolute Gasteiger partial charge is 0.445 e. The third-order valence-electron chi connectivity index (χ3n) is 2.93. The Morgan fingerprint density at radius 3 is 2.93 bits per heavy atom. The van der Waals surface area contributed by atoms with Gasteiger partial charge in [-0.1, -0.05) is 13.8 Å². The molecule has 0 saturated heterocycles. The van der Waals surface area contributed by atoms with Gasteiger partial charge in [0.2, 0.25) is 0 Å². The van der Waals surface area contributed by atoms with Crippen LogP contribution in [0.5, 0.6) is 0 Å². The molecule has 2 rings (SSSR count). The molecule has 1 aliphatic rings. The minimum atomic E-state index is 0.306. The van der Waals surface area contributed by atoms with Gasteiger partial charge in [0, 0.05) is 19.4 Å². The van der Waals surface area contributed by atoms with Gasteiger partial charge in [0.1, 0.15) is 5.76 Å². The highest BCUT2D eigenvalue weighted by atomic mass is 16.4. The summed E-state index contributed by atoms with van der Waals surface area (Å²) in [6.45, 7) is 7.09. The summed E-state index contributed by atoms with van der Waals surface area (Å²) in [4.78, 5) is 4.42. The number of oxazole rings is 1. The number of fused-ring (bicyclic) bond motifs is 1. The molecule has 0 fully saturated rings. The van der Waals surface area contributed by atoms with Crippen LogP contribution in [0.25, 0.3) is 0 Å². The lowest BCUT2D eigenvalue weighted by Gasteiger charge is -2.32. The molecule has 1 heterocycles. The van der Waals surface area contributed by atoms with E-state index >= 15 is 0 Å². The van der Waals surface area contributed by atoms with Crippen LogP contribution in [0.15, 0.2) is 4.42 Å². The van der Waals surface area contributed by atoms with E-state index in [1.54, 1.807) is 0 Å². The predicted octanol–water partition coefficient (Wildman–Crippen LogP) is 2.00. The quantitative estimate of drug-likeness (QED) is 0.744. The summed E-state index contributed by atoms with van der Waals surface area (Å²) >= 11 is 0. The summed E-state index contributed by atoms with van der Waals surface area (Å²) in [6.07, 6.45) is 2.11. The maximum atomic E-state index is 5.76. The molecule has 0 saturated carbocycles. The van der Waals surface area contributed by atoms with Gasteiger partial charge in [0.05, 0.1) is 5.69 Å². The van der Waals surface area contributed by atoms with E-state index in [0.29, 0.717) is 17.9 Å². The van der Waals surface area contributed by atoms with E-state index in [1.807, 2.05) is 6.92 Å². The molecule has 3 heteroatoms. The van der Waals surface area contributed by atoms with Gasteiger partial charge in [-0.05, 0) is 18.3 Å². The molecule has 1 unspecified atom stereocenters. The zero-order valence-corrected chi connectivity index (χ0v) is 9.13. The summed E-state index contributed by atoms with van der Waals surface area (Å²) in [5.74, 6) is 2.16. The lowest BCUT2D eigenvalue weighted by Crippen LogP contribution is -2.28. The molecule has 3 nitrogen and oxygen atoms in total. The lowest BCUT2D eigenvalue weighted by molar-refractivity contribution is 0.256. The van der Waals surface area contributed by atoms with Crippen LogP contribution in [-0.2, 0) is 6.42 Å². The molecule has 1 aromatic heterocycles. The van der Waals surface area contributed by atoms with Crippen molar-refractivity contribution in [3.8, 4) is 0 Å². The number of nitrogens with zero attached hydrogens (tertiary/aromatic N) is 1. The summed E-state index contributed by atoms with van der Waals surface area (Å²) < 4.78 is 5.61. The van der Waals surface area contributed by atoms with Gasteiger partial charge in [0.25, 0.3) is 0 Å². The fourth-order valence-electron chi connectivity index (χ4n) is 2.41. The van der Waals surface area contributed by atoms with E-state index in [9.17, 15) is 0 Å². The van der Waals surface area contributed by atoms with Crippen molar-refractivity contribution in [2.24, 2.45) is 11.1 Å². The fraction of sp³-hybridized carbons (Fsp3) is 0.727. The predicted molar refractivity (Wildman–Crippen MR) is 55.1 cm³/mol. The molecule has 0 bridgehead atoms. The average molecular weight is 194 g/mol. The second-order valence-corrected chi connectivity index (χ2v) is 5.02. The molecule has 0 radical (unpaired) electrons. The Balaban J connectivity index is 2.40. The van der Waals surface area contributed by atoms with Crippen molar-refractivity contribution in [2.45, 2.75) is 39.5 Å². The van der Waals surface area contributed by atoms with Crippen molar-refractivity contribution in [1.29, 1.82) is 0 Å². The number of nitrogens with two attached hydrogens (primary N) is 1. The third kappa shape index (κ3) is 1.57. The van der Waals surface area contributed by atoms with Gasteiger partial charge in [-0.2, -0.15) is 0 Å². The van der Waals surface area contributed by atoms with Crippen molar-refractivity contribution >= 4 is 0 Å². The van der Waals surface area contributed by atoms with E-state index in [-0.39, 0.29) is 0 Å². The van der Waals surface area contributed by atoms with Crippen LogP contribution >= 0.6 is 0 Å². The van der Waals surface area contributed by atoms with Crippen LogP contribution in [0, 0.1) is 12.3 Å². The number of hydrogen-bond donors (Lipinski definition) is 1. The number of aromatic nitrogens is 1. The molecular weight excluding hydrogens is 176 g/mol. The first-order valence-electron chi connectivity index (χ1n) is 5.18. The van der Waals surface area contributed by atoms with Gasteiger partial charge >= 0.3 is 0 Å². The van der Waals surface area contributed by atoms with Gasteiger partial charge < -0.3 is 10.2 Å². The molecule has 1 aliphatic carbocycles. The number of aryl methyl sites for hydroxylation is 1. The maximum absolute atomic E-state index is 5.76. The number of hydrogen-bond acceptors (Lipinski definition) is 3. The summed E-state index contributed by atoms with van der Waals surface area (Å²) in [5.41, 5.74) is 7.19. The SMILES string of the molecule is Cc1nc2c(o1)C(CN)CC(C)(C)C2. The van der Waals surface area contributed by atoms with E-state index in [4.69, 9.17) is 10.2 Å². The zero-order chi connectivity index (χ0) is 10.3. The van der Waals surface area contributed by atoms with Crippen molar-refractivity contribution < 1.29 is 4.42 Å². The highest BCUT2D eigenvalue weighted by molar-refractivity contribution is 5.21. The highest BCUT2D eigenvalue weighted by Crippen LogP contribution is 2.41. The Hall–Kier alpha value is -0.830. The van der Waals surface area contributed by atoms with Gasteiger partial charge in [-0.25, -0.2) is 4.98 Å². The van der Waals surface area contributed by atoms with Crippen molar-refractivity contribution in [2.75, 3.05) is 6.54 Å². The van der Waals surface area contributed by atoms with E-state index in [2.05, 4.69) is 18.8 Å². The van der Waals surface area contributed by atoms with Gasteiger partial charge in [-0.3, -0.25) is 0 Å². The van der Waals surface area contributed by atoms with E-state index in [0.717, 1.165) is 30.2 Å². The molecule has 14 heavy (non-hydrogen) atoms. The van der Waals surface area contributed by atoms with Crippen molar-refractivity contribution in [1.82, 2.24) is 4.98 Å². The summed E-state index contributed by atoms with van der Waals surface area (Å²) in [7, 11) is 0. The fourth-order valence-corrected chi connectivity index (χ4v) is 2.41. The van der Waals surface area contributed by atoms with Crippen LogP contribution in [0.1, 0.15) is 43.5 Å². The highest BCUT2D eigenvalue weighted by Gasteiger charge is 2.35. The minimum absolute atomic E-state index is 0.306. The molecule has 0 aromatic carbocycles. The van der Waals surface area contributed by atoms with Crippen LogP contribution in [-0.4, -0.2) is 11.5 Å². The molecule has 78 valence electrons. The van der Waals surface area contributed by atoms with E-state index < -0.39 is 0 Å². The topological polar surface area (TPSA) is 52.0 Å². The van der Waals surface area contributed by atoms with Gasteiger partial charge in [-0.15, -0.1) is 0 Å². The summed E-state index contributed by atoms with van der Waals surface area (Å²) in [5, 5.41) is 0. The first-order valence-corrected chi connectivity index (χ1v) is 5.18. The Morgan fingerprint density at radius 2 is 2.29 bits per heavy atom. The van der Waals surface area contributed by atoms with Gasteiger partial charge in [0.15, 0.2) is 5.89 Å². The van der Waals surface area contributed by atoms with Crippen LogP contribution in [0.2, 0.25) is 0 Å². The second-order valence-electron chi connectivity index (χ2n) is 5.02. The van der Waals surface area contributed by atoms with Crippen molar-refractivity contribution in [3.63, 3.8) is 0 Å². The smallest absolute Gasteiger partial charge is 0.191 e. The van der Waals surface area contributed by atoms with Crippen LogP contribution in [0.3, 0.4) is 0 Å². The molecule has 0 spiro atoms. The first kappa shape index (κ1) is 9.71. The Kier molecular flexibility index (Phi) is 2.14. The Labute approximate surface area is 84.7 Å². The molecule has 1 atom stereocenters.